The summed E-state index contributed by atoms with van der Waals surface area (Å²) < 4.78 is 0. The lowest BCUT2D eigenvalue weighted by atomic mass is 9.86. The van der Waals surface area contributed by atoms with Gasteiger partial charge in [-0.05, 0) is 43.2 Å². The molecule has 1 N–H and O–H groups in total. The molecule has 5 heteroatoms. The van der Waals surface area contributed by atoms with Crippen molar-refractivity contribution in [1.82, 2.24) is 4.90 Å². The number of amides is 1. The standard InChI is InChI=1S/C13H17NO3S/c1-8(13(16)17)14(2)12(15)10-4-3-5-11-9(10)6-7-18-11/h6-8,10H,3-5H2,1-2H3,(H,16,17). The number of fused-ring (bicyclic) bond motifs is 1. The van der Waals surface area contributed by atoms with Crippen molar-refractivity contribution in [3.8, 4) is 0 Å². The smallest absolute Gasteiger partial charge is 0.326 e. The molecule has 1 aromatic rings. The quantitative estimate of drug-likeness (QED) is 0.912. The van der Waals surface area contributed by atoms with Crippen LogP contribution < -0.4 is 0 Å². The molecule has 2 rings (SSSR count). The van der Waals surface area contributed by atoms with E-state index in [2.05, 4.69) is 0 Å². The first-order chi connectivity index (χ1) is 8.52. The van der Waals surface area contributed by atoms with Gasteiger partial charge in [0.1, 0.15) is 6.04 Å². The molecule has 1 aliphatic rings. The molecular weight excluding hydrogens is 250 g/mol. The lowest BCUT2D eigenvalue weighted by molar-refractivity contribution is -0.148. The average Bonchev–Trinajstić information content (AvgIpc) is 2.83. The highest BCUT2D eigenvalue weighted by atomic mass is 32.1. The second kappa shape index (κ2) is 5.10. The minimum Gasteiger partial charge on any atom is -0.480 e. The van der Waals surface area contributed by atoms with Crippen molar-refractivity contribution in [3.63, 3.8) is 0 Å². The molecule has 0 saturated heterocycles. The molecule has 18 heavy (non-hydrogen) atoms. The molecular formula is C13H17NO3S. The third kappa shape index (κ3) is 2.27. The van der Waals surface area contributed by atoms with Gasteiger partial charge in [-0.3, -0.25) is 4.79 Å². The van der Waals surface area contributed by atoms with Gasteiger partial charge in [0.25, 0.3) is 0 Å². The Morgan fingerprint density at radius 3 is 2.94 bits per heavy atom. The van der Waals surface area contributed by atoms with Crippen LogP contribution in [0.3, 0.4) is 0 Å². The number of rotatable bonds is 3. The summed E-state index contributed by atoms with van der Waals surface area (Å²) in [5, 5.41) is 11.0. The zero-order valence-corrected chi connectivity index (χ0v) is 11.4. The van der Waals surface area contributed by atoms with Gasteiger partial charge >= 0.3 is 5.97 Å². The van der Waals surface area contributed by atoms with Gasteiger partial charge in [0.15, 0.2) is 0 Å². The number of nitrogens with zero attached hydrogens (tertiary/aromatic N) is 1. The number of carboxylic acid groups (broad SMARTS) is 1. The number of carboxylic acids is 1. The fraction of sp³-hybridized carbons (Fsp3) is 0.538. The van der Waals surface area contributed by atoms with Crippen molar-refractivity contribution in [2.45, 2.75) is 38.1 Å². The minimum atomic E-state index is -0.966. The number of aliphatic carboxylic acids is 1. The Bertz CT molecular complexity index is 469. The Labute approximate surface area is 110 Å². The zero-order chi connectivity index (χ0) is 13.3. The monoisotopic (exact) mass is 267 g/mol. The largest absolute Gasteiger partial charge is 0.480 e. The topological polar surface area (TPSA) is 57.6 Å². The highest BCUT2D eigenvalue weighted by molar-refractivity contribution is 7.10. The number of aryl methyl sites for hydroxylation is 1. The van der Waals surface area contributed by atoms with E-state index in [4.69, 9.17) is 5.11 Å². The molecule has 2 unspecified atom stereocenters. The van der Waals surface area contributed by atoms with Crippen molar-refractivity contribution in [1.29, 1.82) is 0 Å². The third-order valence-electron chi connectivity index (χ3n) is 3.64. The molecule has 1 aliphatic carbocycles. The lowest BCUT2D eigenvalue weighted by Gasteiger charge is -2.29. The second-order valence-corrected chi connectivity index (χ2v) is 5.71. The first-order valence-electron chi connectivity index (χ1n) is 6.08. The van der Waals surface area contributed by atoms with Gasteiger partial charge in [0.05, 0.1) is 5.92 Å². The highest BCUT2D eigenvalue weighted by Crippen LogP contribution is 2.36. The van der Waals surface area contributed by atoms with Crippen LogP contribution >= 0.6 is 11.3 Å². The maximum Gasteiger partial charge on any atom is 0.326 e. The molecule has 1 amide bonds. The molecule has 0 spiro atoms. The Hall–Kier alpha value is -1.36. The molecule has 0 aromatic carbocycles. The van der Waals surface area contributed by atoms with E-state index in [0.29, 0.717) is 0 Å². The maximum absolute atomic E-state index is 12.4. The van der Waals surface area contributed by atoms with E-state index in [1.807, 2.05) is 11.4 Å². The summed E-state index contributed by atoms with van der Waals surface area (Å²) in [5.74, 6) is -1.21. The molecule has 0 saturated carbocycles. The van der Waals surface area contributed by atoms with Gasteiger partial charge in [0, 0.05) is 11.9 Å². The van der Waals surface area contributed by atoms with Gasteiger partial charge < -0.3 is 10.0 Å². The van der Waals surface area contributed by atoms with Crippen molar-refractivity contribution in [2.24, 2.45) is 0 Å². The molecule has 2 atom stereocenters. The SMILES string of the molecule is CC(C(=O)O)N(C)C(=O)C1CCCc2sccc21. The van der Waals surface area contributed by atoms with E-state index in [9.17, 15) is 9.59 Å². The van der Waals surface area contributed by atoms with Crippen LogP contribution in [-0.4, -0.2) is 35.0 Å². The van der Waals surface area contributed by atoms with Crippen molar-refractivity contribution in [2.75, 3.05) is 7.05 Å². The van der Waals surface area contributed by atoms with Crippen LogP contribution in [0.15, 0.2) is 11.4 Å². The number of hydrogen-bond acceptors (Lipinski definition) is 3. The van der Waals surface area contributed by atoms with Gasteiger partial charge in [-0.1, -0.05) is 0 Å². The summed E-state index contributed by atoms with van der Waals surface area (Å²) in [7, 11) is 1.57. The van der Waals surface area contributed by atoms with E-state index < -0.39 is 12.0 Å². The van der Waals surface area contributed by atoms with Crippen LogP contribution in [0.5, 0.6) is 0 Å². The second-order valence-electron chi connectivity index (χ2n) is 4.71. The Morgan fingerprint density at radius 2 is 2.28 bits per heavy atom. The average molecular weight is 267 g/mol. The minimum absolute atomic E-state index is 0.0794. The van der Waals surface area contributed by atoms with Crippen LogP contribution in [0.25, 0.3) is 0 Å². The molecule has 1 aromatic heterocycles. The molecule has 4 nitrogen and oxygen atoms in total. The summed E-state index contributed by atoms with van der Waals surface area (Å²) in [6.45, 7) is 1.54. The van der Waals surface area contributed by atoms with Crippen LogP contribution in [0.1, 0.15) is 36.1 Å². The number of carbonyl (C=O) groups excluding carboxylic acids is 1. The van der Waals surface area contributed by atoms with Gasteiger partial charge in [-0.2, -0.15) is 0 Å². The molecule has 1 heterocycles. The van der Waals surface area contributed by atoms with Crippen LogP contribution in [0.4, 0.5) is 0 Å². The fourth-order valence-electron chi connectivity index (χ4n) is 2.35. The van der Waals surface area contributed by atoms with Crippen LogP contribution in [0, 0.1) is 0 Å². The lowest BCUT2D eigenvalue weighted by Crippen LogP contribution is -2.43. The molecule has 0 radical (unpaired) electrons. The summed E-state index contributed by atoms with van der Waals surface area (Å²) in [4.78, 5) is 25.9. The predicted octanol–water partition coefficient (Wildman–Crippen LogP) is 2.10. The number of thiophene rings is 1. The molecule has 0 bridgehead atoms. The number of hydrogen-bond donors (Lipinski definition) is 1. The van der Waals surface area contributed by atoms with Gasteiger partial charge in [0.2, 0.25) is 5.91 Å². The Kier molecular flexibility index (Phi) is 3.71. The van der Waals surface area contributed by atoms with Gasteiger partial charge in [-0.15, -0.1) is 11.3 Å². The van der Waals surface area contributed by atoms with Gasteiger partial charge in [-0.25, -0.2) is 4.79 Å². The summed E-state index contributed by atoms with van der Waals surface area (Å²) in [6, 6.07) is 1.22. The van der Waals surface area contributed by atoms with E-state index in [1.165, 1.54) is 16.7 Å². The summed E-state index contributed by atoms with van der Waals surface area (Å²) in [6.07, 6.45) is 2.85. The van der Waals surface area contributed by atoms with E-state index in [-0.39, 0.29) is 11.8 Å². The van der Waals surface area contributed by atoms with E-state index in [0.717, 1.165) is 24.8 Å². The predicted molar refractivity (Wildman–Crippen MR) is 69.9 cm³/mol. The maximum atomic E-state index is 12.4. The number of carbonyl (C=O) groups is 2. The summed E-state index contributed by atoms with van der Waals surface area (Å²) in [5.41, 5.74) is 1.10. The molecule has 98 valence electrons. The molecule has 0 aliphatic heterocycles. The van der Waals surface area contributed by atoms with E-state index >= 15 is 0 Å². The van der Waals surface area contributed by atoms with Crippen molar-refractivity contribution >= 4 is 23.2 Å². The first-order valence-corrected chi connectivity index (χ1v) is 6.96. The molecule has 0 fully saturated rings. The van der Waals surface area contributed by atoms with E-state index in [1.54, 1.807) is 18.4 Å². The third-order valence-corrected chi connectivity index (χ3v) is 4.63. The van der Waals surface area contributed by atoms with Crippen molar-refractivity contribution in [3.05, 3.63) is 21.9 Å². The highest BCUT2D eigenvalue weighted by Gasteiger charge is 2.32. The Morgan fingerprint density at radius 1 is 1.56 bits per heavy atom. The number of likely N-dealkylation sites (N-methyl/N-ethyl adjacent to an activating group) is 1. The van der Waals surface area contributed by atoms with Crippen LogP contribution in [-0.2, 0) is 16.0 Å². The first kappa shape index (κ1) is 13.1. The normalized spacial score (nSPS) is 20.0. The van der Waals surface area contributed by atoms with Crippen LogP contribution in [0.2, 0.25) is 0 Å². The Balaban J connectivity index is 2.19. The summed E-state index contributed by atoms with van der Waals surface area (Å²) >= 11 is 1.69. The zero-order valence-electron chi connectivity index (χ0n) is 10.5. The van der Waals surface area contributed by atoms with Crippen molar-refractivity contribution < 1.29 is 14.7 Å². The fourth-order valence-corrected chi connectivity index (χ4v) is 3.33.